The normalized spacial score (nSPS) is 12.9. The highest BCUT2D eigenvalue weighted by atomic mass is 16.6. The van der Waals surface area contributed by atoms with Crippen molar-refractivity contribution in [1.29, 1.82) is 0 Å². The number of nitrogens with one attached hydrogen (secondary N) is 1. The predicted molar refractivity (Wildman–Crippen MR) is 108 cm³/mol. The lowest BCUT2D eigenvalue weighted by Crippen LogP contribution is -2.15. The van der Waals surface area contributed by atoms with Gasteiger partial charge < -0.3 is 24.9 Å². The highest BCUT2D eigenvalue weighted by Crippen LogP contribution is 2.35. The first-order valence-electron chi connectivity index (χ1n) is 9.12. The van der Waals surface area contributed by atoms with Crippen LogP contribution >= 0.6 is 0 Å². The van der Waals surface area contributed by atoms with Crippen molar-refractivity contribution in [1.82, 2.24) is 9.97 Å². The summed E-state index contributed by atoms with van der Waals surface area (Å²) in [6.07, 6.45) is 0. The molecule has 0 bridgehead atoms. The van der Waals surface area contributed by atoms with Gasteiger partial charge in [-0.15, -0.1) is 0 Å². The molecule has 4 aromatic rings. The fourth-order valence-corrected chi connectivity index (χ4v) is 3.25. The highest BCUT2D eigenvalue weighted by Gasteiger charge is 2.16. The van der Waals surface area contributed by atoms with Gasteiger partial charge in [0.1, 0.15) is 31.4 Å². The average molecular weight is 373 g/mol. The molecule has 0 fully saturated rings. The van der Waals surface area contributed by atoms with E-state index in [0.29, 0.717) is 31.3 Å². The third-order valence-electron chi connectivity index (χ3n) is 4.67. The molecule has 0 saturated carbocycles. The number of benzene rings is 3. The Morgan fingerprint density at radius 2 is 1.75 bits per heavy atom. The zero-order chi connectivity index (χ0) is 18.9. The molecular weight excluding hydrogens is 354 g/mol. The van der Waals surface area contributed by atoms with Crippen LogP contribution in [-0.2, 0) is 6.61 Å². The van der Waals surface area contributed by atoms with Gasteiger partial charge in [-0.2, -0.15) is 0 Å². The molecule has 0 unspecified atom stereocenters. The van der Waals surface area contributed by atoms with Gasteiger partial charge in [0.25, 0.3) is 0 Å². The summed E-state index contributed by atoms with van der Waals surface area (Å²) in [6.45, 7) is 1.58. The van der Waals surface area contributed by atoms with E-state index in [1.807, 2.05) is 60.7 Å². The van der Waals surface area contributed by atoms with Crippen molar-refractivity contribution in [2.45, 2.75) is 6.61 Å². The zero-order valence-electron chi connectivity index (χ0n) is 15.1. The number of rotatable bonds is 4. The van der Waals surface area contributed by atoms with E-state index >= 15 is 0 Å². The molecule has 6 nitrogen and oxygen atoms in total. The monoisotopic (exact) mass is 373 g/mol. The molecule has 2 heterocycles. The Labute approximate surface area is 161 Å². The Balaban J connectivity index is 1.41. The van der Waals surface area contributed by atoms with Crippen LogP contribution in [0, 0.1) is 0 Å². The summed E-state index contributed by atoms with van der Waals surface area (Å²) in [5, 5.41) is 0. The molecule has 0 spiro atoms. The van der Waals surface area contributed by atoms with Gasteiger partial charge in [0.05, 0.1) is 16.7 Å². The van der Waals surface area contributed by atoms with Gasteiger partial charge in [-0.1, -0.05) is 30.3 Å². The summed E-state index contributed by atoms with van der Waals surface area (Å²) < 4.78 is 17.1. The van der Waals surface area contributed by atoms with E-state index in [2.05, 4.69) is 9.97 Å². The molecule has 0 radical (unpaired) electrons. The molecule has 6 heteroatoms. The number of nitrogen functional groups attached to an aromatic ring is 1. The number of nitrogens with two attached hydrogens (primary N) is 1. The first-order chi connectivity index (χ1) is 13.8. The number of aromatic amines is 1. The van der Waals surface area contributed by atoms with Gasteiger partial charge in [-0.05, 0) is 23.8 Å². The number of fused-ring (bicyclic) bond motifs is 2. The van der Waals surface area contributed by atoms with E-state index < -0.39 is 0 Å². The van der Waals surface area contributed by atoms with Crippen molar-refractivity contribution in [2.75, 3.05) is 18.9 Å². The molecule has 0 atom stereocenters. The van der Waals surface area contributed by atoms with E-state index in [4.69, 9.17) is 19.9 Å². The smallest absolute Gasteiger partial charge is 0.163 e. The second kappa shape index (κ2) is 6.81. The molecule has 0 aliphatic carbocycles. The number of aromatic nitrogens is 2. The van der Waals surface area contributed by atoms with Crippen molar-refractivity contribution < 1.29 is 14.2 Å². The third-order valence-corrected chi connectivity index (χ3v) is 4.67. The fraction of sp³-hybridized carbons (Fsp3) is 0.136. The first-order valence-corrected chi connectivity index (χ1v) is 9.12. The van der Waals surface area contributed by atoms with Crippen LogP contribution in [0.5, 0.6) is 17.2 Å². The minimum atomic E-state index is 0.473. The maximum Gasteiger partial charge on any atom is 0.163 e. The van der Waals surface area contributed by atoms with Gasteiger partial charge >= 0.3 is 0 Å². The molecule has 28 heavy (non-hydrogen) atoms. The van der Waals surface area contributed by atoms with Crippen molar-refractivity contribution >= 4 is 16.7 Å². The number of H-pyrrole nitrogens is 1. The molecule has 1 aromatic heterocycles. The van der Waals surface area contributed by atoms with Gasteiger partial charge in [-0.3, -0.25) is 0 Å². The Hall–Kier alpha value is -3.67. The lowest BCUT2D eigenvalue weighted by atomic mass is 10.2. The second-order valence-electron chi connectivity index (χ2n) is 6.63. The van der Waals surface area contributed by atoms with E-state index in [1.54, 1.807) is 0 Å². The summed E-state index contributed by atoms with van der Waals surface area (Å²) in [4.78, 5) is 7.99. The maximum absolute atomic E-state index is 6.21. The summed E-state index contributed by atoms with van der Waals surface area (Å²) in [5.41, 5.74) is 10.5. The van der Waals surface area contributed by atoms with Crippen LogP contribution in [0.3, 0.4) is 0 Å². The van der Waals surface area contributed by atoms with Crippen LogP contribution in [0.2, 0.25) is 0 Å². The van der Waals surface area contributed by atoms with Crippen molar-refractivity contribution in [2.24, 2.45) is 0 Å². The lowest BCUT2D eigenvalue weighted by Gasteiger charge is -2.17. The van der Waals surface area contributed by atoms with Crippen molar-refractivity contribution in [3.8, 4) is 28.6 Å². The molecule has 3 N–H and O–H groups in total. The summed E-state index contributed by atoms with van der Waals surface area (Å²) in [6, 6.07) is 19.5. The average Bonchev–Trinajstić information content (AvgIpc) is 3.14. The van der Waals surface area contributed by atoms with E-state index in [-0.39, 0.29) is 0 Å². The number of imidazole rings is 1. The second-order valence-corrected chi connectivity index (χ2v) is 6.63. The van der Waals surface area contributed by atoms with Gasteiger partial charge in [0.15, 0.2) is 11.5 Å². The zero-order valence-corrected chi connectivity index (χ0v) is 15.1. The Morgan fingerprint density at radius 3 is 2.54 bits per heavy atom. The Bertz CT molecular complexity index is 1100. The number of nitrogens with zero attached hydrogens (tertiary/aromatic N) is 1. The van der Waals surface area contributed by atoms with Crippen LogP contribution in [0.1, 0.15) is 5.56 Å². The van der Waals surface area contributed by atoms with E-state index in [1.165, 1.54) is 0 Å². The highest BCUT2D eigenvalue weighted by molar-refractivity contribution is 5.83. The van der Waals surface area contributed by atoms with E-state index in [0.717, 1.165) is 39.5 Å². The predicted octanol–water partition coefficient (Wildman–Crippen LogP) is 4.16. The summed E-state index contributed by atoms with van der Waals surface area (Å²) in [7, 11) is 0. The molecule has 3 aromatic carbocycles. The third kappa shape index (κ3) is 3.09. The van der Waals surface area contributed by atoms with Crippen LogP contribution in [0.25, 0.3) is 22.4 Å². The standard InChI is InChI=1S/C22H19N3O3/c23-16-10-15(6-7-19(16)28-13-14-4-2-1-3-5-14)22-24-17-11-20-21(12-18(17)25-22)27-9-8-26-20/h1-7,10-12H,8-9,13,23H2,(H,24,25). The molecular formula is C22H19N3O3. The summed E-state index contributed by atoms with van der Waals surface area (Å²) >= 11 is 0. The number of hydrogen-bond donors (Lipinski definition) is 2. The number of anilines is 1. The molecule has 1 aliphatic rings. The molecule has 140 valence electrons. The SMILES string of the molecule is Nc1cc(-c2nc3cc4c(cc3[nH]2)OCCO4)ccc1OCc1ccccc1. The maximum atomic E-state index is 6.21. The van der Waals surface area contributed by atoms with Gasteiger partial charge in [0, 0.05) is 17.7 Å². The number of ether oxygens (including phenoxy) is 3. The largest absolute Gasteiger partial charge is 0.487 e. The molecule has 0 amide bonds. The summed E-state index contributed by atoms with van der Waals surface area (Å²) in [5.74, 6) is 2.85. The minimum absolute atomic E-state index is 0.473. The van der Waals surface area contributed by atoms with Crippen molar-refractivity contribution in [3.63, 3.8) is 0 Å². The Morgan fingerprint density at radius 1 is 0.964 bits per heavy atom. The van der Waals surface area contributed by atoms with Crippen LogP contribution < -0.4 is 19.9 Å². The van der Waals surface area contributed by atoms with Crippen LogP contribution in [-0.4, -0.2) is 23.2 Å². The first kappa shape index (κ1) is 16.5. The topological polar surface area (TPSA) is 82.4 Å². The van der Waals surface area contributed by atoms with Crippen LogP contribution in [0.15, 0.2) is 60.7 Å². The lowest BCUT2D eigenvalue weighted by molar-refractivity contribution is 0.172. The van der Waals surface area contributed by atoms with Crippen molar-refractivity contribution in [3.05, 3.63) is 66.2 Å². The minimum Gasteiger partial charge on any atom is -0.487 e. The number of hydrogen-bond acceptors (Lipinski definition) is 5. The van der Waals surface area contributed by atoms with Gasteiger partial charge in [-0.25, -0.2) is 4.98 Å². The molecule has 1 aliphatic heterocycles. The quantitative estimate of drug-likeness (QED) is 0.525. The fourth-order valence-electron chi connectivity index (χ4n) is 3.25. The molecule has 5 rings (SSSR count). The van der Waals surface area contributed by atoms with E-state index in [9.17, 15) is 0 Å². The Kier molecular flexibility index (Phi) is 4.01. The molecule has 0 saturated heterocycles. The van der Waals surface area contributed by atoms with Crippen LogP contribution in [0.4, 0.5) is 5.69 Å². The van der Waals surface area contributed by atoms with Gasteiger partial charge in [0.2, 0.25) is 0 Å².